The molecule has 28 heavy (non-hydrogen) atoms. The maximum Gasteiger partial charge on any atom is 0.307 e. The van der Waals surface area contributed by atoms with Crippen molar-refractivity contribution in [2.24, 2.45) is 7.05 Å². The molecule has 4 rings (SSSR count). The van der Waals surface area contributed by atoms with Crippen LogP contribution in [0.3, 0.4) is 0 Å². The molecule has 1 aliphatic heterocycles. The average Bonchev–Trinajstić information content (AvgIpc) is 2.95. The second-order valence-electron chi connectivity index (χ2n) is 7.08. The fraction of sp³-hybridized carbons (Fsp3) is 0.381. The first-order valence-corrected chi connectivity index (χ1v) is 10.1. The van der Waals surface area contributed by atoms with Crippen LogP contribution in [0.25, 0.3) is 10.2 Å². The smallest absolute Gasteiger partial charge is 0.302 e. The molecule has 0 amide bonds. The van der Waals surface area contributed by atoms with Crippen LogP contribution in [-0.2, 0) is 20.0 Å². The number of piperazine rings is 1. The summed E-state index contributed by atoms with van der Waals surface area (Å²) < 4.78 is 2.83. The highest BCUT2D eigenvalue weighted by Crippen LogP contribution is 2.19. The third-order valence-corrected chi connectivity index (χ3v) is 6.28. The standard InChI is InChI=1S/C21H25N3OS.2ClH/c1-22-19-8-7-17(15-20(19)26-21(22)25)9-10-23-11-13-24(14-12-23)16-18-5-3-2-4-6-18;;/h2-8,15H,9-14,16H2,1H3;2*1H. The van der Waals surface area contributed by atoms with E-state index in [1.165, 1.54) is 22.5 Å². The van der Waals surface area contributed by atoms with Gasteiger partial charge in [0.05, 0.1) is 10.2 Å². The highest BCUT2D eigenvalue weighted by Gasteiger charge is 2.16. The second-order valence-corrected chi connectivity index (χ2v) is 8.08. The minimum absolute atomic E-state index is 0. The Kier molecular flexibility index (Phi) is 8.53. The minimum atomic E-state index is 0. The molecular formula is C21H27Cl2N3OS. The highest BCUT2D eigenvalue weighted by molar-refractivity contribution is 7.16. The lowest BCUT2D eigenvalue weighted by Gasteiger charge is -2.34. The zero-order valence-electron chi connectivity index (χ0n) is 16.0. The number of halogens is 2. The summed E-state index contributed by atoms with van der Waals surface area (Å²) in [5.74, 6) is 0. The van der Waals surface area contributed by atoms with Crippen LogP contribution < -0.4 is 4.87 Å². The molecule has 0 bridgehead atoms. The number of nitrogens with zero attached hydrogens (tertiary/aromatic N) is 3. The van der Waals surface area contributed by atoms with E-state index in [1.807, 2.05) is 7.05 Å². The van der Waals surface area contributed by atoms with Gasteiger partial charge in [0.25, 0.3) is 0 Å². The highest BCUT2D eigenvalue weighted by atomic mass is 35.5. The second kappa shape index (κ2) is 10.4. The van der Waals surface area contributed by atoms with Crippen LogP contribution in [0.4, 0.5) is 0 Å². The summed E-state index contributed by atoms with van der Waals surface area (Å²) in [6.45, 7) is 6.68. The number of thiazole rings is 1. The molecule has 1 aromatic heterocycles. The monoisotopic (exact) mass is 439 g/mol. The van der Waals surface area contributed by atoms with Crippen LogP contribution in [0.1, 0.15) is 11.1 Å². The summed E-state index contributed by atoms with van der Waals surface area (Å²) >= 11 is 1.34. The van der Waals surface area contributed by atoms with Gasteiger partial charge >= 0.3 is 4.87 Å². The van der Waals surface area contributed by atoms with Crippen molar-refractivity contribution in [1.29, 1.82) is 0 Å². The molecule has 0 radical (unpaired) electrons. The van der Waals surface area contributed by atoms with Gasteiger partial charge in [0.2, 0.25) is 0 Å². The summed E-state index contributed by atoms with van der Waals surface area (Å²) in [5.41, 5.74) is 3.76. The molecule has 0 aliphatic carbocycles. The maximum absolute atomic E-state index is 11.8. The number of fused-ring (bicyclic) bond motifs is 1. The van der Waals surface area contributed by atoms with Gasteiger partial charge in [-0.15, -0.1) is 24.8 Å². The number of benzene rings is 2. The van der Waals surface area contributed by atoms with E-state index in [0.717, 1.165) is 55.9 Å². The molecular weight excluding hydrogens is 413 g/mol. The van der Waals surface area contributed by atoms with Crippen LogP contribution in [0, 0.1) is 0 Å². The SMILES string of the molecule is Cl.Cl.Cn1c(=O)sc2cc(CCN3CCN(Cc4ccccc4)CC3)ccc21. The van der Waals surface area contributed by atoms with Gasteiger partial charge in [-0.2, -0.15) is 0 Å². The molecule has 1 fully saturated rings. The third kappa shape index (κ3) is 5.37. The molecule has 1 saturated heterocycles. The number of hydrogen-bond donors (Lipinski definition) is 0. The summed E-state index contributed by atoms with van der Waals surface area (Å²) in [5, 5.41) is 0. The van der Waals surface area contributed by atoms with E-state index in [1.54, 1.807) is 4.57 Å². The van der Waals surface area contributed by atoms with E-state index in [0.29, 0.717) is 0 Å². The van der Waals surface area contributed by atoms with E-state index in [9.17, 15) is 4.79 Å². The Balaban J connectivity index is 0.00000140. The van der Waals surface area contributed by atoms with Crippen molar-refractivity contribution < 1.29 is 0 Å². The maximum atomic E-state index is 11.8. The average molecular weight is 440 g/mol. The number of aryl methyl sites for hydroxylation is 1. The third-order valence-electron chi connectivity index (χ3n) is 5.29. The Bertz CT molecular complexity index is 934. The van der Waals surface area contributed by atoms with Gasteiger partial charge in [0, 0.05) is 46.3 Å². The van der Waals surface area contributed by atoms with Crippen LogP contribution >= 0.6 is 36.2 Å². The summed E-state index contributed by atoms with van der Waals surface area (Å²) in [6.07, 6.45) is 1.05. The molecule has 0 atom stereocenters. The normalized spacial score (nSPS) is 15.2. The predicted molar refractivity (Wildman–Crippen MR) is 123 cm³/mol. The van der Waals surface area contributed by atoms with Crippen molar-refractivity contribution in [1.82, 2.24) is 14.4 Å². The van der Waals surface area contributed by atoms with Gasteiger partial charge in [-0.25, -0.2) is 0 Å². The Morgan fingerprint density at radius 3 is 2.29 bits per heavy atom. The number of hydrogen-bond acceptors (Lipinski definition) is 4. The molecule has 3 aromatic rings. The lowest BCUT2D eigenvalue weighted by atomic mass is 10.1. The lowest BCUT2D eigenvalue weighted by molar-refractivity contribution is 0.128. The van der Waals surface area contributed by atoms with Gasteiger partial charge in [0.1, 0.15) is 0 Å². The molecule has 4 nitrogen and oxygen atoms in total. The first kappa shape index (κ1) is 22.9. The number of aromatic nitrogens is 1. The Morgan fingerprint density at radius 2 is 1.57 bits per heavy atom. The van der Waals surface area contributed by atoms with Gasteiger partial charge in [-0.1, -0.05) is 47.7 Å². The van der Waals surface area contributed by atoms with Crippen LogP contribution in [0.2, 0.25) is 0 Å². The predicted octanol–water partition coefficient (Wildman–Crippen LogP) is 3.80. The van der Waals surface area contributed by atoms with Crippen LogP contribution in [-0.4, -0.2) is 47.1 Å². The quantitative estimate of drug-likeness (QED) is 0.604. The van der Waals surface area contributed by atoms with E-state index in [-0.39, 0.29) is 29.7 Å². The fourth-order valence-electron chi connectivity index (χ4n) is 3.63. The zero-order valence-corrected chi connectivity index (χ0v) is 18.5. The summed E-state index contributed by atoms with van der Waals surface area (Å²) in [7, 11) is 1.84. The first-order valence-electron chi connectivity index (χ1n) is 9.26. The van der Waals surface area contributed by atoms with Crippen molar-refractivity contribution in [3.63, 3.8) is 0 Å². The molecule has 2 aromatic carbocycles. The van der Waals surface area contributed by atoms with E-state index in [2.05, 4.69) is 58.3 Å². The summed E-state index contributed by atoms with van der Waals surface area (Å²) in [4.78, 5) is 17.0. The number of rotatable bonds is 5. The van der Waals surface area contributed by atoms with Crippen molar-refractivity contribution in [3.05, 3.63) is 69.3 Å². The first-order chi connectivity index (χ1) is 12.7. The molecule has 2 heterocycles. The van der Waals surface area contributed by atoms with Crippen LogP contribution in [0.5, 0.6) is 0 Å². The zero-order chi connectivity index (χ0) is 17.9. The van der Waals surface area contributed by atoms with Crippen molar-refractivity contribution in [2.45, 2.75) is 13.0 Å². The fourth-order valence-corrected chi connectivity index (χ4v) is 4.58. The largest absolute Gasteiger partial charge is 0.307 e. The molecule has 0 spiro atoms. The molecule has 0 unspecified atom stereocenters. The molecule has 0 saturated carbocycles. The van der Waals surface area contributed by atoms with E-state index >= 15 is 0 Å². The lowest BCUT2D eigenvalue weighted by Crippen LogP contribution is -2.46. The Labute approximate surface area is 182 Å². The molecule has 152 valence electrons. The van der Waals surface area contributed by atoms with E-state index < -0.39 is 0 Å². The Hall–Kier alpha value is -1.37. The van der Waals surface area contributed by atoms with Crippen molar-refractivity contribution in [3.8, 4) is 0 Å². The van der Waals surface area contributed by atoms with Gasteiger partial charge < -0.3 is 9.47 Å². The van der Waals surface area contributed by atoms with E-state index in [4.69, 9.17) is 0 Å². The molecule has 0 N–H and O–H groups in total. The van der Waals surface area contributed by atoms with Gasteiger partial charge in [0.15, 0.2) is 0 Å². The van der Waals surface area contributed by atoms with Gasteiger partial charge in [-0.3, -0.25) is 9.69 Å². The van der Waals surface area contributed by atoms with Gasteiger partial charge in [-0.05, 0) is 29.7 Å². The Morgan fingerprint density at radius 1 is 0.893 bits per heavy atom. The molecule has 1 aliphatic rings. The van der Waals surface area contributed by atoms with Crippen molar-refractivity contribution >= 4 is 46.4 Å². The molecule has 7 heteroatoms. The van der Waals surface area contributed by atoms with Crippen LogP contribution in [0.15, 0.2) is 53.3 Å². The minimum Gasteiger partial charge on any atom is -0.302 e. The summed E-state index contributed by atoms with van der Waals surface area (Å²) in [6, 6.07) is 17.2. The van der Waals surface area contributed by atoms with Crippen molar-refractivity contribution in [2.75, 3.05) is 32.7 Å². The topological polar surface area (TPSA) is 28.5 Å².